The minimum Gasteiger partial charge on any atom is -0.394 e. The number of nitrogens with two attached hydrogens (primary N) is 1. The molecule has 3 heterocycles. The summed E-state index contributed by atoms with van der Waals surface area (Å²) >= 11 is 0. The number of nitrogens with zero attached hydrogens (tertiary/aromatic N) is 3. The maximum absolute atomic E-state index is 12.3. The van der Waals surface area contributed by atoms with Gasteiger partial charge in [-0.1, -0.05) is 13.3 Å². The molecule has 1 amide bonds. The Morgan fingerprint density at radius 2 is 2.31 bits per heavy atom. The van der Waals surface area contributed by atoms with E-state index in [1.165, 1.54) is 17.2 Å². The minimum absolute atomic E-state index is 0.103. The summed E-state index contributed by atoms with van der Waals surface area (Å²) in [6.07, 6.45) is 0.820. The molecule has 1 aliphatic rings. The van der Waals surface area contributed by atoms with Gasteiger partial charge in [0.05, 0.1) is 25.3 Å². The van der Waals surface area contributed by atoms with E-state index in [9.17, 15) is 19.8 Å². The number of ether oxygens (including phenoxy) is 1. The second kappa shape index (κ2) is 7.50. The Kier molecular flexibility index (Phi) is 5.32. The predicted molar refractivity (Wildman–Crippen MR) is 90.0 cm³/mol. The van der Waals surface area contributed by atoms with Gasteiger partial charge in [-0.3, -0.25) is 14.2 Å². The van der Waals surface area contributed by atoms with Gasteiger partial charge in [0.15, 0.2) is 17.4 Å². The molecule has 6 N–H and O–H groups in total. The number of carbonyl (C=O) groups is 1. The van der Waals surface area contributed by atoms with Crippen molar-refractivity contribution in [3.8, 4) is 0 Å². The van der Waals surface area contributed by atoms with Gasteiger partial charge in [0.1, 0.15) is 18.2 Å². The van der Waals surface area contributed by atoms with Gasteiger partial charge in [-0.15, -0.1) is 0 Å². The van der Waals surface area contributed by atoms with Crippen molar-refractivity contribution in [3.05, 3.63) is 23.0 Å². The Bertz CT molecular complexity index is 835. The highest BCUT2D eigenvalue weighted by Crippen LogP contribution is 2.31. The summed E-state index contributed by atoms with van der Waals surface area (Å²) < 4.78 is 7.13. The number of aromatic amines is 1. The number of nitrogens with one attached hydrogen (secondary N) is 2. The standard InChI is InChI=1S/C15H22N6O5/c1-2-3-7(16)13(24)20-9-11(23)8(4-22)26-15(9)21-6-19-10-12(21)17-5-18-14(10)25/h5-9,11,15,22-23H,2-4,16H2,1H3,(H,20,24)(H,17,18,25)/t7?,8-,9+,11?,15-/m1/s1. The molecule has 142 valence electrons. The van der Waals surface area contributed by atoms with Gasteiger partial charge >= 0.3 is 0 Å². The number of fused-ring (bicyclic) bond motifs is 1. The number of aromatic nitrogens is 4. The van der Waals surface area contributed by atoms with Crippen LogP contribution in [0.5, 0.6) is 0 Å². The third-order valence-corrected chi connectivity index (χ3v) is 4.43. The first kappa shape index (κ1) is 18.5. The van der Waals surface area contributed by atoms with Crippen LogP contribution < -0.4 is 16.6 Å². The van der Waals surface area contributed by atoms with Crippen molar-refractivity contribution in [2.45, 2.75) is 50.3 Å². The molecule has 0 saturated carbocycles. The second-order valence-electron chi connectivity index (χ2n) is 6.22. The highest BCUT2D eigenvalue weighted by molar-refractivity contribution is 5.82. The Hall–Kier alpha value is -2.34. The summed E-state index contributed by atoms with van der Waals surface area (Å²) in [7, 11) is 0. The van der Waals surface area contributed by atoms with Crippen LogP contribution >= 0.6 is 0 Å². The topological polar surface area (TPSA) is 168 Å². The quantitative estimate of drug-likeness (QED) is 0.390. The average Bonchev–Trinajstić information content (AvgIpc) is 3.18. The fraction of sp³-hybridized carbons (Fsp3) is 0.600. The van der Waals surface area contributed by atoms with Gasteiger partial charge in [0.2, 0.25) is 5.91 Å². The maximum Gasteiger partial charge on any atom is 0.278 e. The average molecular weight is 366 g/mol. The summed E-state index contributed by atoms with van der Waals surface area (Å²) in [4.78, 5) is 34.6. The fourth-order valence-electron chi connectivity index (χ4n) is 3.05. The SMILES string of the molecule is CCCC(N)C(=O)N[C@H]1C(O)[C@@H](CO)O[C@H]1n1cnc2c(=O)[nH]cnc21. The molecule has 2 unspecified atom stereocenters. The first-order valence-corrected chi connectivity index (χ1v) is 8.38. The smallest absolute Gasteiger partial charge is 0.278 e. The van der Waals surface area contributed by atoms with E-state index in [1.807, 2.05) is 6.92 Å². The minimum atomic E-state index is -1.16. The summed E-state index contributed by atoms with van der Waals surface area (Å²) in [6, 6.07) is -1.61. The predicted octanol–water partition coefficient (Wildman–Crippen LogP) is -2.02. The van der Waals surface area contributed by atoms with Gasteiger partial charge < -0.3 is 31.0 Å². The number of hydrogen-bond acceptors (Lipinski definition) is 8. The van der Waals surface area contributed by atoms with Gasteiger partial charge in [-0.25, -0.2) is 9.97 Å². The summed E-state index contributed by atoms with van der Waals surface area (Å²) in [5.41, 5.74) is 5.75. The maximum atomic E-state index is 12.3. The second-order valence-corrected chi connectivity index (χ2v) is 6.22. The third-order valence-electron chi connectivity index (χ3n) is 4.43. The number of H-pyrrole nitrogens is 1. The number of imidazole rings is 1. The molecule has 2 aromatic rings. The highest BCUT2D eigenvalue weighted by Gasteiger charge is 2.46. The number of rotatable bonds is 6. The van der Waals surface area contributed by atoms with Crippen molar-refractivity contribution >= 4 is 17.1 Å². The van der Waals surface area contributed by atoms with Crippen LogP contribution in [0.25, 0.3) is 11.2 Å². The summed E-state index contributed by atoms with van der Waals surface area (Å²) in [6.45, 7) is 1.47. The zero-order valence-electron chi connectivity index (χ0n) is 14.2. The van der Waals surface area contributed by atoms with Crippen LogP contribution in [0.2, 0.25) is 0 Å². The van der Waals surface area contributed by atoms with Gasteiger partial charge in [0.25, 0.3) is 5.56 Å². The number of aliphatic hydroxyl groups excluding tert-OH is 2. The van der Waals surface area contributed by atoms with E-state index in [-0.39, 0.29) is 11.2 Å². The highest BCUT2D eigenvalue weighted by atomic mass is 16.5. The first-order chi connectivity index (χ1) is 12.5. The van der Waals surface area contributed by atoms with Crippen molar-refractivity contribution < 1.29 is 19.7 Å². The molecule has 11 heteroatoms. The van der Waals surface area contributed by atoms with Crippen LogP contribution in [-0.2, 0) is 9.53 Å². The summed E-state index contributed by atoms with van der Waals surface area (Å²) in [5.74, 6) is -0.432. The molecule has 2 aromatic heterocycles. The molecular formula is C15H22N6O5. The largest absolute Gasteiger partial charge is 0.394 e. The van der Waals surface area contributed by atoms with E-state index in [4.69, 9.17) is 10.5 Å². The molecule has 0 radical (unpaired) electrons. The molecule has 1 saturated heterocycles. The van der Waals surface area contributed by atoms with E-state index < -0.39 is 48.6 Å². The van der Waals surface area contributed by atoms with E-state index in [0.29, 0.717) is 6.42 Å². The molecule has 3 rings (SSSR count). The van der Waals surface area contributed by atoms with Crippen LogP contribution in [0, 0.1) is 0 Å². The number of amides is 1. The van der Waals surface area contributed by atoms with E-state index in [2.05, 4.69) is 20.3 Å². The Labute approximate surface area is 148 Å². The third kappa shape index (κ3) is 3.21. The van der Waals surface area contributed by atoms with Crippen molar-refractivity contribution in [2.24, 2.45) is 5.73 Å². The molecule has 1 aliphatic heterocycles. The molecule has 0 spiro atoms. The Morgan fingerprint density at radius 1 is 1.54 bits per heavy atom. The lowest BCUT2D eigenvalue weighted by atomic mass is 10.1. The fourth-order valence-corrected chi connectivity index (χ4v) is 3.05. The zero-order valence-corrected chi connectivity index (χ0v) is 14.2. The number of carbonyl (C=O) groups excluding carboxylic acids is 1. The molecule has 11 nitrogen and oxygen atoms in total. The van der Waals surface area contributed by atoms with Gasteiger partial charge in [0, 0.05) is 0 Å². The lowest BCUT2D eigenvalue weighted by molar-refractivity contribution is -0.124. The van der Waals surface area contributed by atoms with Crippen molar-refractivity contribution in [1.82, 2.24) is 24.8 Å². The molecule has 26 heavy (non-hydrogen) atoms. The number of hydrogen-bond donors (Lipinski definition) is 5. The van der Waals surface area contributed by atoms with Crippen LogP contribution in [0.4, 0.5) is 0 Å². The van der Waals surface area contributed by atoms with Crippen molar-refractivity contribution in [2.75, 3.05) is 6.61 Å². The summed E-state index contributed by atoms with van der Waals surface area (Å²) in [5, 5.41) is 22.6. The molecule has 0 aliphatic carbocycles. The normalized spacial score (nSPS) is 26.9. The van der Waals surface area contributed by atoms with Crippen molar-refractivity contribution in [1.29, 1.82) is 0 Å². The van der Waals surface area contributed by atoms with E-state index in [0.717, 1.165) is 6.42 Å². The van der Waals surface area contributed by atoms with Crippen LogP contribution in [0.15, 0.2) is 17.4 Å². The first-order valence-electron chi connectivity index (χ1n) is 8.38. The number of aliphatic hydroxyl groups is 2. The Morgan fingerprint density at radius 3 is 3.00 bits per heavy atom. The molecule has 0 bridgehead atoms. The lowest BCUT2D eigenvalue weighted by Gasteiger charge is -2.24. The van der Waals surface area contributed by atoms with Crippen LogP contribution in [-0.4, -0.2) is 66.5 Å². The molecule has 0 aromatic carbocycles. The van der Waals surface area contributed by atoms with Gasteiger partial charge in [-0.2, -0.15) is 0 Å². The molecule has 5 atom stereocenters. The van der Waals surface area contributed by atoms with Crippen LogP contribution in [0.1, 0.15) is 26.0 Å². The Balaban J connectivity index is 1.93. The van der Waals surface area contributed by atoms with Crippen molar-refractivity contribution in [3.63, 3.8) is 0 Å². The molecular weight excluding hydrogens is 344 g/mol. The zero-order chi connectivity index (χ0) is 18.8. The van der Waals surface area contributed by atoms with E-state index in [1.54, 1.807) is 0 Å². The molecule has 1 fully saturated rings. The van der Waals surface area contributed by atoms with Crippen LogP contribution in [0.3, 0.4) is 0 Å². The van der Waals surface area contributed by atoms with E-state index >= 15 is 0 Å². The van der Waals surface area contributed by atoms with Gasteiger partial charge in [-0.05, 0) is 6.42 Å². The lowest BCUT2D eigenvalue weighted by Crippen LogP contribution is -2.51. The monoisotopic (exact) mass is 366 g/mol.